The lowest BCUT2D eigenvalue weighted by atomic mass is 10.1. The minimum Gasteiger partial charge on any atom is -0.330 e. The molecular formula is C8H6N2O2. The van der Waals surface area contributed by atoms with Gasteiger partial charge in [-0.15, -0.1) is 0 Å². The van der Waals surface area contributed by atoms with Crippen LogP contribution in [0, 0.1) is 0 Å². The highest BCUT2D eigenvalue weighted by molar-refractivity contribution is 6.49. The number of rotatable bonds is 0. The molecule has 12 heavy (non-hydrogen) atoms. The predicted molar refractivity (Wildman–Crippen MR) is 41.6 cm³/mol. The molecule has 4 nitrogen and oxygen atoms in total. The van der Waals surface area contributed by atoms with Crippen LogP contribution in [0.2, 0.25) is 0 Å². The van der Waals surface area contributed by atoms with Crippen LogP contribution in [0.4, 0.5) is 0 Å². The minimum atomic E-state index is -0.480. The molecule has 1 heterocycles. The minimum absolute atomic E-state index is 0.377. The molecule has 1 aromatic rings. The second-order valence-corrected chi connectivity index (χ2v) is 2.62. The molecule has 4 heteroatoms. The fourth-order valence-electron chi connectivity index (χ4n) is 1.19. The van der Waals surface area contributed by atoms with Crippen LogP contribution in [-0.2, 0) is 11.8 Å². The summed E-state index contributed by atoms with van der Waals surface area (Å²) < 4.78 is 1.55. The Morgan fingerprint density at radius 1 is 1.33 bits per heavy atom. The first kappa shape index (κ1) is 6.97. The maximum Gasteiger partial charge on any atom is 0.251 e. The molecule has 0 aromatic carbocycles. The fourth-order valence-corrected chi connectivity index (χ4v) is 1.19. The largest absolute Gasteiger partial charge is 0.330 e. The standard InChI is InChI=1S/C8H6N2O2/c1-10-4-9-5-2-3-6(11)8(12)7(5)10/h2-4H,1H3. The highest BCUT2D eigenvalue weighted by Gasteiger charge is 2.24. The Bertz CT molecular complexity index is 401. The van der Waals surface area contributed by atoms with Crippen LogP contribution < -0.4 is 0 Å². The molecular weight excluding hydrogens is 156 g/mol. The quantitative estimate of drug-likeness (QED) is 0.512. The molecule has 0 N–H and O–H groups in total. The Morgan fingerprint density at radius 2 is 2.08 bits per heavy atom. The molecule has 0 amide bonds. The Kier molecular flexibility index (Phi) is 1.24. The van der Waals surface area contributed by atoms with Crippen molar-refractivity contribution in [3.05, 3.63) is 23.8 Å². The Morgan fingerprint density at radius 3 is 2.83 bits per heavy atom. The summed E-state index contributed by atoms with van der Waals surface area (Å²) in [7, 11) is 1.69. The van der Waals surface area contributed by atoms with Gasteiger partial charge in [-0.1, -0.05) is 0 Å². The number of carbonyl (C=O) groups excluding carboxylic acids is 2. The monoisotopic (exact) mass is 162 g/mol. The molecule has 0 atom stereocenters. The average Bonchev–Trinajstić information content (AvgIpc) is 2.41. The Labute approximate surface area is 68.5 Å². The SMILES string of the molecule is Cn1cnc2c1C(=O)C(=O)C=C2. The summed E-state index contributed by atoms with van der Waals surface area (Å²) >= 11 is 0. The second kappa shape index (κ2) is 2.14. The zero-order valence-electron chi connectivity index (χ0n) is 6.44. The lowest BCUT2D eigenvalue weighted by Gasteiger charge is -2.03. The highest BCUT2D eigenvalue weighted by atomic mass is 16.2. The average molecular weight is 162 g/mol. The number of aromatic nitrogens is 2. The third kappa shape index (κ3) is 0.747. The van der Waals surface area contributed by atoms with E-state index >= 15 is 0 Å². The summed E-state index contributed by atoms with van der Waals surface area (Å²) in [5.74, 6) is -0.960. The maximum absolute atomic E-state index is 11.2. The summed E-state index contributed by atoms with van der Waals surface area (Å²) in [6, 6.07) is 0. The third-order valence-electron chi connectivity index (χ3n) is 1.80. The molecule has 0 aliphatic heterocycles. The summed E-state index contributed by atoms with van der Waals surface area (Å²) in [6.45, 7) is 0. The van der Waals surface area contributed by atoms with Crippen molar-refractivity contribution >= 4 is 17.6 Å². The topological polar surface area (TPSA) is 52.0 Å². The van der Waals surface area contributed by atoms with Crippen LogP contribution in [0.5, 0.6) is 0 Å². The van der Waals surface area contributed by atoms with Gasteiger partial charge in [-0.3, -0.25) is 9.59 Å². The third-order valence-corrected chi connectivity index (χ3v) is 1.80. The van der Waals surface area contributed by atoms with E-state index in [1.54, 1.807) is 17.7 Å². The van der Waals surface area contributed by atoms with Crippen LogP contribution in [0.25, 0.3) is 6.08 Å². The van der Waals surface area contributed by atoms with E-state index < -0.39 is 11.6 Å². The van der Waals surface area contributed by atoms with Crippen LogP contribution >= 0.6 is 0 Å². The zero-order chi connectivity index (χ0) is 8.72. The van der Waals surface area contributed by atoms with Crippen molar-refractivity contribution < 1.29 is 9.59 Å². The van der Waals surface area contributed by atoms with E-state index in [4.69, 9.17) is 0 Å². The molecule has 0 saturated carbocycles. The van der Waals surface area contributed by atoms with Crippen molar-refractivity contribution in [1.29, 1.82) is 0 Å². The van der Waals surface area contributed by atoms with Crippen molar-refractivity contribution in [3.63, 3.8) is 0 Å². The summed E-state index contributed by atoms with van der Waals surface area (Å²) in [5.41, 5.74) is 0.949. The Hall–Kier alpha value is -1.71. The fraction of sp³-hybridized carbons (Fsp3) is 0.125. The number of hydrogen-bond acceptors (Lipinski definition) is 3. The van der Waals surface area contributed by atoms with E-state index in [1.807, 2.05) is 0 Å². The predicted octanol–water partition coefficient (Wildman–Crippen LogP) is 0.199. The van der Waals surface area contributed by atoms with Crippen LogP contribution in [0.15, 0.2) is 12.4 Å². The number of carbonyl (C=O) groups is 2. The van der Waals surface area contributed by atoms with Crippen molar-refractivity contribution in [1.82, 2.24) is 9.55 Å². The van der Waals surface area contributed by atoms with Gasteiger partial charge in [0.1, 0.15) is 5.69 Å². The number of imidazole rings is 1. The van der Waals surface area contributed by atoms with Crippen molar-refractivity contribution in [3.8, 4) is 0 Å². The van der Waals surface area contributed by atoms with E-state index in [2.05, 4.69) is 4.98 Å². The van der Waals surface area contributed by atoms with E-state index in [0.29, 0.717) is 11.4 Å². The normalized spacial score (nSPS) is 15.1. The molecule has 0 radical (unpaired) electrons. The van der Waals surface area contributed by atoms with E-state index in [9.17, 15) is 9.59 Å². The van der Waals surface area contributed by atoms with E-state index in [0.717, 1.165) is 0 Å². The highest BCUT2D eigenvalue weighted by Crippen LogP contribution is 2.14. The van der Waals surface area contributed by atoms with Crippen molar-refractivity contribution in [2.24, 2.45) is 7.05 Å². The molecule has 0 unspecified atom stereocenters. The second-order valence-electron chi connectivity index (χ2n) is 2.62. The molecule has 1 aliphatic carbocycles. The van der Waals surface area contributed by atoms with Gasteiger partial charge in [0.05, 0.1) is 12.0 Å². The molecule has 1 aromatic heterocycles. The number of hydrogen-bond donors (Lipinski definition) is 0. The van der Waals surface area contributed by atoms with Gasteiger partial charge < -0.3 is 4.57 Å². The van der Waals surface area contributed by atoms with Crippen LogP contribution in [-0.4, -0.2) is 21.1 Å². The first-order valence-electron chi connectivity index (χ1n) is 3.48. The summed E-state index contributed by atoms with van der Waals surface area (Å²) in [4.78, 5) is 26.1. The van der Waals surface area contributed by atoms with Gasteiger partial charge in [0, 0.05) is 7.05 Å². The van der Waals surface area contributed by atoms with Gasteiger partial charge in [0.25, 0.3) is 5.78 Å². The number of aryl methyl sites for hydroxylation is 1. The number of allylic oxidation sites excluding steroid dienone is 1. The number of ketones is 2. The van der Waals surface area contributed by atoms with Crippen LogP contribution in [0.3, 0.4) is 0 Å². The maximum atomic E-state index is 11.2. The molecule has 2 rings (SSSR count). The van der Waals surface area contributed by atoms with Crippen molar-refractivity contribution in [2.75, 3.05) is 0 Å². The van der Waals surface area contributed by atoms with Crippen LogP contribution in [0.1, 0.15) is 16.2 Å². The smallest absolute Gasteiger partial charge is 0.251 e. The zero-order valence-corrected chi connectivity index (χ0v) is 6.44. The van der Waals surface area contributed by atoms with Gasteiger partial charge in [-0.25, -0.2) is 4.98 Å². The van der Waals surface area contributed by atoms with Crippen molar-refractivity contribution in [2.45, 2.75) is 0 Å². The molecule has 0 saturated heterocycles. The lowest BCUT2D eigenvalue weighted by molar-refractivity contribution is -0.111. The van der Waals surface area contributed by atoms with Gasteiger partial charge >= 0.3 is 0 Å². The molecule has 1 aliphatic rings. The lowest BCUT2D eigenvalue weighted by Crippen LogP contribution is -2.18. The van der Waals surface area contributed by atoms with Gasteiger partial charge in [-0.05, 0) is 12.2 Å². The number of fused-ring (bicyclic) bond motifs is 1. The van der Waals surface area contributed by atoms with Gasteiger partial charge in [0.15, 0.2) is 0 Å². The molecule has 60 valence electrons. The summed E-state index contributed by atoms with van der Waals surface area (Å²) in [5, 5.41) is 0. The first-order chi connectivity index (χ1) is 5.70. The molecule has 0 spiro atoms. The molecule has 0 bridgehead atoms. The van der Waals surface area contributed by atoms with Gasteiger partial charge in [0.2, 0.25) is 5.78 Å². The summed E-state index contributed by atoms with van der Waals surface area (Å²) in [6.07, 6.45) is 4.32. The van der Waals surface area contributed by atoms with Gasteiger partial charge in [-0.2, -0.15) is 0 Å². The van der Waals surface area contributed by atoms with E-state index in [-0.39, 0.29) is 0 Å². The van der Waals surface area contributed by atoms with E-state index in [1.165, 1.54) is 12.4 Å². The number of Topliss-reactive ketones (excluding diaryl/α,β-unsaturated/α-hetero) is 1. The first-order valence-corrected chi connectivity index (χ1v) is 3.48. The molecule has 0 fully saturated rings. The Balaban J connectivity index is 2.70. The number of nitrogens with zero attached hydrogens (tertiary/aromatic N) is 2.